The van der Waals surface area contributed by atoms with E-state index >= 15 is 0 Å². The first-order valence-electron chi connectivity index (χ1n) is 6.20. The average molecular weight is 378 g/mol. The van der Waals surface area contributed by atoms with Crippen LogP contribution in [0.2, 0.25) is 0 Å². The van der Waals surface area contributed by atoms with Crippen LogP contribution in [0.4, 0.5) is 0 Å². The molecule has 1 amide bonds. The average Bonchev–Trinajstić information content (AvgIpc) is 2.34. The van der Waals surface area contributed by atoms with Gasteiger partial charge in [-0.2, -0.15) is 0 Å². The molecule has 8 heteroatoms. The van der Waals surface area contributed by atoms with Crippen molar-refractivity contribution < 1.29 is 23.1 Å². The summed E-state index contributed by atoms with van der Waals surface area (Å²) in [6, 6.07) is 5.70. The maximum Gasteiger partial charge on any atom is 0.326 e. The molecule has 1 aromatic carbocycles. The summed E-state index contributed by atoms with van der Waals surface area (Å²) in [6.07, 6.45) is 0.187. The summed E-state index contributed by atoms with van der Waals surface area (Å²) in [7, 11) is -3.66. The predicted molar refractivity (Wildman–Crippen MR) is 81.5 cm³/mol. The van der Waals surface area contributed by atoms with Gasteiger partial charge in [-0.15, -0.1) is 0 Å². The van der Waals surface area contributed by atoms with Crippen molar-refractivity contribution in [1.82, 2.24) is 5.32 Å². The number of amides is 1. The molecule has 0 aromatic heterocycles. The number of sulfone groups is 1. The van der Waals surface area contributed by atoms with E-state index in [9.17, 15) is 18.0 Å². The van der Waals surface area contributed by atoms with Crippen LogP contribution < -0.4 is 5.32 Å². The summed E-state index contributed by atoms with van der Waals surface area (Å²) in [4.78, 5) is 22.4. The maximum atomic E-state index is 11.9. The monoisotopic (exact) mass is 377 g/mol. The first kappa shape index (κ1) is 17.6. The first-order chi connectivity index (χ1) is 9.73. The molecule has 2 N–H and O–H groups in total. The second-order valence-electron chi connectivity index (χ2n) is 4.53. The third kappa shape index (κ3) is 6.26. The molecule has 1 unspecified atom stereocenters. The highest BCUT2D eigenvalue weighted by Gasteiger charge is 2.22. The van der Waals surface area contributed by atoms with Crippen LogP contribution in [0.5, 0.6) is 0 Å². The number of benzene rings is 1. The van der Waals surface area contributed by atoms with E-state index in [0.29, 0.717) is 5.56 Å². The van der Waals surface area contributed by atoms with E-state index in [0.717, 1.165) is 4.47 Å². The molecule has 1 aromatic rings. The lowest BCUT2D eigenvalue weighted by molar-refractivity contribution is -0.141. The number of halogens is 1. The number of carboxylic acids is 1. The van der Waals surface area contributed by atoms with Gasteiger partial charge in [-0.05, 0) is 24.1 Å². The third-order valence-corrected chi connectivity index (χ3v) is 4.64. The Bertz CT molecular complexity index is 629. The Morgan fingerprint density at radius 1 is 1.38 bits per heavy atom. The molecule has 0 aliphatic rings. The van der Waals surface area contributed by atoms with Gasteiger partial charge in [-0.25, -0.2) is 13.2 Å². The standard InChI is InChI=1S/C13H16BrNO5S/c1-2-11(13(17)18)15-12(16)8-21(19,20)7-9-4-3-5-10(14)6-9/h3-6,11H,2,7-8H2,1H3,(H,15,16)(H,17,18). The SMILES string of the molecule is CCC(NC(=O)CS(=O)(=O)Cc1cccc(Br)c1)C(=O)O. The quantitative estimate of drug-likeness (QED) is 0.746. The lowest BCUT2D eigenvalue weighted by Gasteiger charge is -2.12. The lowest BCUT2D eigenvalue weighted by Crippen LogP contribution is -2.43. The van der Waals surface area contributed by atoms with Crippen molar-refractivity contribution in [1.29, 1.82) is 0 Å². The van der Waals surface area contributed by atoms with Gasteiger partial charge in [-0.1, -0.05) is 35.0 Å². The molecule has 21 heavy (non-hydrogen) atoms. The van der Waals surface area contributed by atoms with E-state index in [-0.39, 0.29) is 12.2 Å². The molecule has 116 valence electrons. The zero-order valence-corrected chi connectivity index (χ0v) is 13.8. The van der Waals surface area contributed by atoms with Crippen molar-refractivity contribution in [2.24, 2.45) is 0 Å². The summed E-state index contributed by atoms with van der Waals surface area (Å²) in [5.41, 5.74) is 0.558. The van der Waals surface area contributed by atoms with Crippen molar-refractivity contribution in [3.63, 3.8) is 0 Å². The number of carboxylic acid groups (broad SMARTS) is 1. The Morgan fingerprint density at radius 3 is 2.57 bits per heavy atom. The number of aliphatic carboxylic acids is 1. The van der Waals surface area contributed by atoms with Crippen LogP contribution in [0, 0.1) is 0 Å². The second kappa shape index (κ2) is 7.56. The zero-order valence-electron chi connectivity index (χ0n) is 11.4. The predicted octanol–water partition coefficient (Wildman–Crippen LogP) is 1.34. The van der Waals surface area contributed by atoms with Crippen LogP contribution in [-0.4, -0.2) is 37.2 Å². The minimum absolute atomic E-state index is 0.187. The summed E-state index contributed by atoms with van der Waals surface area (Å²) >= 11 is 3.24. The van der Waals surface area contributed by atoms with Crippen molar-refractivity contribution in [3.05, 3.63) is 34.3 Å². The van der Waals surface area contributed by atoms with Crippen LogP contribution in [0.25, 0.3) is 0 Å². The molecule has 0 heterocycles. The fourth-order valence-corrected chi connectivity index (χ4v) is 3.42. The molecular formula is C13H16BrNO5S. The van der Waals surface area contributed by atoms with E-state index in [1.165, 1.54) is 0 Å². The van der Waals surface area contributed by atoms with Crippen molar-refractivity contribution >= 4 is 37.6 Å². The van der Waals surface area contributed by atoms with Crippen molar-refractivity contribution in [2.45, 2.75) is 25.1 Å². The molecule has 0 aliphatic heterocycles. The lowest BCUT2D eigenvalue weighted by atomic mass is 10.2. The summed E-state index contributed by atoms with van der Waals surface area (Å²) in [5, 5.41) is 11.0. The van der Waals surface area contributed by atoms with E-state index in [4.69, 9.17) is 5.11 Å². The molecule has 0 saturated carbocycles. The summed E-state index contributed by atoms with van der Waals surface area (Å²) in [5.74, 6) is -3.00. The van der Waals surface area contributed by atoms with Gasteiger partial charge >= 0.3 is 5.97 Å². The van der Waals surface area contributed by atoms with E-state index < -0.39 is 33.5 Å². The van der Waals surface area contributed by atoms with Crippen molar-refractivity contribution in [3.8, 4) is 0 Å². The van der Waals surface area contributed by atoms with Gasteiger partial charge in [0, 0.05) is 4.47 Å². The highest BCUT2D eigenvalue weighted by atomic mass is 79.9. The highest BCUT2D eigenvalue weighted by Crippen LogP contribution is 2.14. The molecular weight excluding hydrogens is 362 g/mol. The smallest absolute Gasteiger partial charge is 0.326 e. The summed E-state index contributed by atoms with van der Waals surface area (Å²) < 4.78 is 24.6. The molecule has 0 fully saturated rings. The Morgan fingerprint density at radius 2 is 2.05 bits per heavy atom. The Labute approximate surface area is 131 Å². The molecule has 0 bridgehead atoms. The van der Waals surface area contributed by atoms with Crippen LogP contribution in [-0.2, 0) is 25.2 Å². The van der Waals surface area contributed by atoms with Gasteiger partial charge in [0.15, 0.2) is 9.84 Å². The topological polar surface area (TPSA) is 101 Å². The molecule has 0 radical (unpaired) electrons. The van der Waals surface area contributed by atoms with Crippen LogP contribution in [0.15, 0.2) is 28.7 Å². The molecule has 6 nitrogen and oxygen atoms in total. The first-order valence-corrected chi connectivity index (χ1v) is 8.82. The number of nitrogens with one attached hydrogen (secondary N) is 1. The Kier molecular flexibility index (Phi) is 6.35. The Hall–Kier alpha value is -1.41. The molecule has 1 atom stereocenters. The maximum absolute atomic E-state index is 11.9. The fraction of sp³-hybridized carbons (Fsp3) is 0.385. The molecule has 0 saturated heterocycles. The zero-order chi connectivity index (χ0) is 16.0. The van der Waals surface area contributed by atoms with Crippen LogP contribution in [0.3, 0.4) is 0 Å². The Balaban J connectivity index is 2.68. The van der Waals surface area contributed by atoms with Gasteiger partial charge < -0.3 is 10.4 Å². The number of rotatable bonds is 7. The number of carbonyl (C=O) groups excluding carboxylic acids is 1. The van der Waals surface area contributed by atoms with Gasteiger partial charge in [-0.3, -0.25) is 4.79 Å². The highest BCUT2D eigenvalue weighted by molar-refractivity contribution is 9.10. The van der Waals surface area contributed by atoms with Crippen LogP contribution >= 0.6 is 15.9 Å². The third-order valence-electron chi connectivity index (χ3n) is 2.67. The normalized spacial score (nSPS) is 12.7. The largest absolute Gasteiger partial charge is 0.480 e. The van der Waals surface area contributed by atoms with Crippen molar-refractivity contribution in [2.75, 3.05) is 5.75 Å². The number of carbonyl (C=O) groups is 2. The van der Waals surface area contributed by atoms with E-state index in [2.05, 4.69) is 21.2 Å². The minimum atomic E-state index is -3.66. The van der Waals surface area contributed by atoms with Crippen LogP contribution in [0.1, 0.15) is 18.9 Å². The van der Waals surface area contributed by atoms with Gasteiger partial charge in [0.05, 0.1) is 5.75 Å². The fourth-order valence-electron chi connectivity index (χ4n) is 1.71. The number of hydrogen-bond donors (Lipinski definition) is 2. The van der Waals surface area contributed by atoms with Gasteiger partial charge in [0.1, 0.15) is 11.8 Å². The molecule has 0 aliphatic carbocycles. The van der Waals surface area contributed by atoms with Gasteiger partial charge in [0.25, 0.3) is 0 Å². The molecule has 1 rings (SSSR count). The van der Waals surface area contributed by atoms with E-state index in [1.807, 2.05) is 0 Å². The molecule has 0 spiro atoms. The summed E-state index contributed by atoms with van der Waals surface area (Å²) in [6.45, 7) is 1.59. The minimum Gasteiger partial charge on any atom is -0.480 e. The number of hydrogen-bond acceptors (Lipinski definition) is 4. The second-order valence-corrected chi connectivity index (χ2v) is 7.51. The van der Waals surface area contributed by atoms with E-state index in [1.54, 1.807) is 31.2 Å². The van der Waals surface area contributed by atoms with Gasteiger partial charge in [0.2, 0.25) is 5.91 Å².